The highest BCUT2D eigenvalue weighted by Crippen LogP contribution is 2.43. The van der Waals surface area contributed by atoms with Gasteiger partial charge in [-0.2, -0.15) is 0 Å². The maximum absolute atomic E-state index is 12.7. The zero-order valence-corrected chi connectivity index (χ0v) is 34.6. The molecule has 320 valence electrons. The van der Waals surface area contributed by atoms with Crippen molar-refractivity contribution in [3.63, 3.8) is 0 Å². The number of aliphatic hydroxyl groups is 3. The van der Waals surface area contributed by atoms with Gasteiger partial charge >= 0.3 is 19.8 Å². The second-order valence-corrected chi connectivity index (χ2v) is 15.8. The molecule has 7 unspecified atom stereocenters. The highest BCUT2D eigenvalue weighted by Gasteiger charge is 2.35. The lowest BCUT2D eigenvalue weighted by atomic mass is 9.87. The van der Waals surface area contributed by atoms with Crippen molar-refractivity contribution in [2.24, 2.45) is 11.7 Å². The summed E-state index contributed by atoms with van der Waals surface area (Å²) in [5.74, 6) is -1.36. The fourth-order valence-electron chi connectivity index (χ4n) is 6.16. The first-order chi connectivity index (χ1) is 26.5. The Labute approximate surface area is 330 Å². The van der Waals surface area contributed by atoms with Gasteiger partial charge in [0.2, 0.25) is 0 Å². The van der Waals surface area contributed by atoms with Crippen molar-refractivity contribution >= 4 is 19.8 Å². The van der Waals surface area contributed by atoms with Gasteiger partial charge < -0.3 is 40.2 Å². The Balaban J connectivity index is 2.48. The number of unbranched alkanes of at least 4 members (excludes halogenated alkanes) is 13. The highest BCUT2D eigenvalue weighted by molar-refractivity contribution is 7.47. The third kappa shape index (κ3) is 28.2. The summed E-state index contributed by atoms with van der Waals surface area (Å²) in [4.78, 5) is 35.0. The molecule has 0 aromatic rings. The van der Waals surface area contributed by atoms with E-state index in [2.05, 4.69) is 6.92 Å². The van der Waals surface area contributed by atoms with E-state index in [1.807, 2.05) is 31.2 Å². The predicted molar refractivity (Wildman–Crippen MR) is 214 cm³/mol. The third-order valence-corrected chi connectivity index (χ3v) is 10.3. The van der Waals surface area contributed by atoms with Crippen LogP contribution in [0.1, 0.15) is 149 Å². The first kappa shape index (κ1) is 51.1. The van der Waals surface area contributed by atoms with Crippen LogP contribution in [-0.4, -0.2) is 89.2 Å². The lowest BCUT2D eigenvalue weighted by molar-refractivity contribution is -0.199. The largest absolute Gasteiger partial charge is 0.472 e. The first-order valence-corrected chi connectivity index (χ1v) is 22.4. The van der Waals surface area contributed by atoms with Gasteiger partial charge in [-0.15, -0.1) is 0 Å². The van der Waals surface area contributed by atoms with Crippen LogP contribution < -0.4 is 5.73 Å². The number of hydrogen-bond donors (Lipinski definition) is 5. The van der Waals surface area contributed by atoms with Crippen molar-refractivity contribution in [2.75, 3.05) is 26.4 Å². The molecule has 1 aliphatic heterocycles. The summed E-state index contributed by atoms with van der Waals surface area (Å²) in [6.45, 7) is 3.20. The number of carbonyl (C=O) groups is 2. The Kier molecular flexibility index (Phi) is 30.7. The van der Waals surface area contributed by atoms with Gasteiger partial charge in [0.15, 0.2) is 12.4 Å². The molecule has 1 aliphatic rings. The SMILES string of the molecule is CC/C=C\CC(O)/C=C/C1OC(O)CC(O)C1C/C=C\CCCC(=O)OC(COC(=O)CCCCCCCCCCCCCCC)COP(=O)(O)OCCN. The minimum absolute atomic E-state index is 0.00861. The van der Waals surface area contributed by atoms with Crippen molar-refractivity contribution in [1.82, 2.24) is 0 Å². The molecule has 7 atom stereocenters. The fraction of sp³-hybridized carbons (Fsp3) is 0.805. The Morgan fingerprint density at radius 1 is 0.836 bits per heavy atom. The zero-order valence-electron chi connectivity index (χ0n) is 33.7. The van der Waals surface area contributed by atoms with Crippen molar-refractivity contribution in [3.05, 3.63) is 36.5 Å². The van der Waals surface area contributed by atoms with Crippen LogP contribution in [0.25, 0.3) is 0 Å². The quantitative estimate of drug-likeness (QED) is 0.0185. The number of hydrogen-bond acceptors (Lipinski definition) is 12. The first-order valence-electron chi connectivity index (χ1n) is 20.9. The number of phosphoric acid groups is 1. The standard InChI is InChI=1S/C41H74NO12P/c1-3-5-7-8-9-10-11-12-13-14-15-16-21-25-39(45)50-32-35(33-52-55(48,49)51-30-29-42)53-40(46)26-22-18-17-20-24-36-37(44)31-41(47)54-38(36)28-27-34(43)23-19-6-4-2/h6,17,19-20,27-28,34-38,41,43-44,47H,3-5,7-16,18,21-26,29-33,42H2,1-2H3,(H,48,49)/b19-6-,20-17-,28-27+. The Morgan fingerprint density at radius 2 is 1.47 bits per heavy atom. The summed E-state index contributed by atoms with van der Waals surface area (Å²) < 4.78 is 38.3. The number of aliphatic hydroxyl groups excluding tert-OH is 3. The molecule has 0 aromatic heterocycles. The van der Waals surface area contributed by atoms with Crippen molar-refractivity contribution in [1.29, 1.82) is 0 Å². The van der Waals surface area contributed by atoms with Gasteiger partial charge in [0.05, 0.1) is 31.5 Å². The number of allylic oxidation sites excluding steroid dienone is 3. The van der Waals surface area contributed by atoms with Gasteiger partial charge in [0.1, 0.15) is 6.61 Å². The fourth-order valence-corrected chi connectivity index (χ4v) is 6.93. The molecular weight excluding hydrogens is 729 g/mol. The average Bonchev–Trinajstić information content (AvgIpc) is 3.15. The highest BCUT2D eigenvalue weighted by atomic mass is 31.2. The van der Waals surface area contributed by atoms with Crippen LogP contribution in [0.5, 0.6) is 0 Å². The van der Waals surface area contributed by atoms with Gasteiger partial charge in [-0.25, -0.2) is 4.57 Å². The summed E-state index contributed by atoms with van der Waals surface area (Å²) in [5.41, 5.74) is 5.33. The average molecular weight is 804 g/mol. The van der Waals surface area contributed by atoms with Gasteiger partial charge in [0, 0.05) is 31.7 Å². The van der Waals surface area contributed by atoms with Gasteiger partial charge in [0.25, 0.3) is 0 Å². The number of carbonyl (C=O) groups excluding carboxylic acids is 2. The molecule has 13 nitrogen and oxygen atoms in total. The summed E-state index contributed by atoms with van der Waals surface area (Å²) in [6.07, 6.45) is 25.2. The van der Waals surface area contributed by atoms with Crippen molar-refractivity contribution in [2.45, 2.75) is 179 Å². The lowest BCUT2D eigenvalue weighted by Crippen LogP contribution is -2.43. The number of phosphoric ester groups is 1. The second kappa shape index (κ2) is 33.1. The molecule has 0 bridgehead atoms. The molecule has 55 heavy (non-hydrogen) atoms. The number of ether oxygens (including phenoxy) is 3. The summed E-state index contributed by atoms with van der Waals surface area (Å²) in [5, 5.41) is 30.8. The van der Waals surface area contributed by atoms with Crippen LogP contribution in [0.2, 0.25) is 0 Å². The molecule has 0 spiro atoms. The zero-order chi connectivity index (χ0) is 40.6. The third-order valence-electron chi connectivity index (χ3n) is 9.31. The van der Waals surface area contributed by atoms with Gasteiger partial charge in [-0.3, -0.25) is 18.6 Å². The Hall–Kier alpha value is -1.93. The molecule has 0 radical (unpaired) electrons. The normalized spacial score (nSPS) is 21.3. The van der Waals surface area contributed by atoms with Crippen LogP contribution in [0, 0.1) is 5.92 Å². The summed E-state index contributed by atoms with van der Waals surface area (Å²) in [7, 11) is -4.45. The molecular formula is C41H74NO12P. The molecule has 0 amide bonds. The van der Waals surface area contributed by atoms with E-state index in [1.54, 1.807) is 12.2 Å². The Morgan fingerprint density at radius 3 is 2.11 bits per heavy atom. The lowest BCUT2D eigenvalue weighted by Gasteiger charge is -2.36. The summed E-state index contributed by atoms with van der Waals surface area (Å²) >= 11 is 0. The molecule has 0 aromatic carbocycles. The van der Waals surface area contributed by atoms with Gasteiger partial charge in [-0.05, 0) is 38.5 Å². The number of rotatable bonds is 34. The van der Waals surface area contributed by atoms with E-state index in [0.29, 0.717) is 32.1 Å². The predicted octanol–water partition coefficient (Wildman–Crippen LogP) is 7.49. The maximum atomic E-state index is 12.7. The molecule has 1 fully saturated rings. The van der Waals surface area contributed by atoms with E-state index >= 15 is 0 Å². The molecule has 1 heterocycles. The molecule has 6 N–H and O–H groups in total. The maximum Gasteiger partial charge on any atom is 0.472 e. The van der Waals surface area contributed by atoms with Crippen LogP contribution in [-0.2, 0) is 37.4 Å². The topological polar surface area (TPSA) is 204 Å². The molecule has 0 saturated carbocycles. The van der Waals surface area contributed by atoms with E-state index < -0.39 is 57.1 Å². The van der Waals surface area contributed by atoms with E-state index in [1.165, 1.54) is 57.8 Å². The van der Waals surface area contributed by atoms with Crippen LogP contribution in [0.15, 0.2) is 36.5 Å². The minimum Gasteiger partial charge on any atom is -0.462 e. The van der Waals surface area contributed by atoms with E-state index in [-0.39, 0.29) is 44.9 Å². The van der Waals surface area contributed by atoms with Crippen molar-refractivity contribution in [3.8, 4) is 0 Å². The Bertz CT molecular complexity index is 1120. The van der Waals surface area contributed by atoms with Gasteiger partial charge in [-0.1, -0.05) is 127 Å². The van der Waals surface area contributed by atoms with E-state index in [4.69, 9.17) is 29.0 Å². The van der Waals surface area contributed by atoms with Crippen LogP contribution in [0.3, 0.4) is 0 Å². The van der Waals surface area contributed by atoms with Crippen LogP contribution >= 0.6 is 7.82 Å². The molecule has 1 rings (SSSR count). The van der Waals surface area contributed by atoms with E-state index in [0.717, 1.165) is 25.7 Å². The minimum atomic E-state index is -4.45. The molecule has 1 saturated heterocycles. The second-order valence-electron chi connectivity index (χ2n) is 14.4. The summed E-state index contributed by atoms with van der Waals surface area (Å²) in [6, 6.07) is 0. The molecule has 14 heteroatoms. The smallest absolute Gasteiger partial charge is 0.462 e. The van der Waals surface area contributed by atoms with Crippen molar-refractivity contribution < 1.29 is 57.6 Å². The molecule has 0 aliphatic carbocycles. The monoisotopic (exact) mass is 803 g/mol. The van der Waals surface area contributed by atoms with E-state index in [9.17, 15) is 34.4 Å². The number of nitrogens with two attached hydrogens (primary N) is 1. The number of esters is 2. The van der Waals surface area contributed by atoms with Crippen LogP contribution in [0.4, 0.5) is 0 Å².